The predicted octanol–water partition coefficient (Wildman–Crippen LogP) is 5.50. The van der Waals surface area contributed by atoms with Crippen LogP contribution in [0.4, 0.5) is 16.2 Å². The topological polar surface area (TPSA) is 72.7 Å². The molecule has 0 saturated carbocycles. The molecular weight excluding hydrogens is 380 g/mol. The summed E-state index contributed by atoms with van der Waals surface area (Å²) < 4.78 is 5.42. The Morgan fingerprint density at radius 3 is 2.29 bits per heavy atom. The van der Waals surface area contributed by atoms with Crippen molar-refractivity contribution in [3.63, 3.8) is 0 Å². The highest BCUT2D eigenvalue weighted by atomic mass is 35.5. The predicted molar refractivity (Wildman–Crippen MR) is 108 cm³/mol. The van der Waals surface area contributed by atoms with E-state index >= 15 is 0 Å². The molecule has 0 aliphatic carbocycles. The molecule has 0 atom stereocenters. The molecule has 142 valence electrons. The number of nitro groups is 1. The van der Waals surface area contributed by atoms with Gasteiger partial charge in [-0.2, -0.15) is 0 Å². The van der Waals surface area contributed by atoms with E-state index in [-0.39, 0.29) is 22.9 Å². The van der Waals surface area contributed by atoms with Gasteiger partial charge in [0.2, 0.25) is 0 Å². The van der Waals surface area contributed by atoms with Crippen molar-refractivity contribution in [1.82, 2.24) is 0 Å². The van der Waals surface area contributed by atoms with E-state index in [9.17, 15) is 14.9 Å². The molecule has 3 aromatic carbocycles. The summed E-state index contributed by atoms with van der Waals surface area (Å²) in [5.41, 5.74) is 0.869. The molecule has 0 N–H and O–H groups in total. The number of hydrogen-bond acceptors (Lipinski definition) is 4. The molecular formula is C21H17ClN2O4. The molecule has 0 bridgehead atoms. The van der Waals surface area contributed by atoms with Crippen molar-refractivity contribution >= 4 is 29.1 Å². The summed E-state index contributed by atoms with van der Waals surface area (Å²) in [6.45, 7) is 0.207. The molecule has 0 saturated heterocycles. The van der Waals surface area contributed by atoms with Crippen LogP contribution in [0.15, 0.2) is 78.9 Å². The van der Waals surface area contributed by atoms with Gasteiger partial charge < -0.3 is 4.74 Å². The van der Waals surface area contributed by atoms with Crippen LogP contribution in [-0.2, 0) is 6.42 Å². The zero-order valence-corrected chi connectivity index (χ0v) is 15.6. The lowest BCUT2D eigenvalue weighted by Gasteiger charge is -2.22. The maximum Gasteiger partial charge on any atom is 0.419 e. The van der Waals surface area contributed by atoms with E-state index in [1.54, 1.807) is 30.3 Å². The molecule has 3 rings (SSSR count). The molecule has 0 aliphatic heterocycles. The van der Waals surface area contributed by atoms with Gasteiger partial charge in [-0.25, -0.2) is 4.79 Å². The van der Waals surface area contributed by atoms with E-state index in [1.165, 1.54) is 23.1 Å². The first-order valence-corrected chi connectivity index (χ1v) is 8.94. The minimum atomic E-state index is -0.701. The standard InChI is InChI=1S/C21H17ClN2O4/c22-17-11-12-19(20(15-17)24(26)27)23(14-13-16-7-3-1-4-8-16)21(25)28-18-9-5-2-6-10-18/h1-12,15H,13-14H2. The van der Waals surface area contributed by atoms with Gasteiger partial charge in [0.15, 0.2) is 0 Å². The Morgan fingerprint density at radius 1 is 1.00 bits per heavy atom. The van der Waals surface area contributed by atoms with Gasteiger partial charge in [0.25, 0.3) is 5.69 Å². The third kappa shape index (κ3) is 4.86. The number of rotatable bonds is 6. The van der Waals surface area contributed by atoms with E-state index in [0.29, 0.717) is 12.2 Å². The summed E-state index contributed by atoms with van der Waals surface area (Å²) in [6.07, 6.45) is -0.197. The van der Waals surface area contributed by atoms with Crippen LogP contribution in [-0.4, -0.2) is 17.6 Å². The van der Waals surface area contributed by atoms with Crippen LogP contribution in [0, 0.1) is 10.1 Å². The number of carbonyl (C=O) groups excluding carboxylic acids is 1. The van der Waals surface area contributed by atoms with E-state index in [1.807, 2.05) is 30.3 Å². The summed E-state index contributed by atoms with van der Waals surface area (Å²) in [4.78, 5) is 25.0. The Hall–Kier alpha value is -3.38. The number of nitrogens with zero attached hydrogens (tertiary/aromatic N) is 2. The molecule has 0 fully saturated rings. The smallest absolute Gasteiger partial charge is 0.410 e. The van der Waals surface area contributed by atoms with Gasteiger partial charge in [0, 0.05) is 17.6 Å². The van der Waals surface area contributed by atoms with E-state index in [2.05, 4.69) is 0 Å². The highest BCUT2D eigenvalue weighted by Gasteiger charge is 2.26. The molecule has 0 heterocycles. The Bertz CT molecular complexity index is 965. The van der Waals surface area contributed by atoms with Crippen molar-refractivity contribution in [1.29, 1.82) is 0 Å². The number of benzene rings is 3. The minimum Gasteiger partial charge on any atom is -0.410 e. The van der Waals surface area contributed by atoms with Gasteiger partial charge in [0.05, 0.1) is 4.92 Å². The van der Waals surface area contributed by atoms with Crippen LogP contribution in [0.5, 0.6) is 5.75 Å². The number of carbonyl (C=O) groups is 1. The van der Waals surface area contributed by atoms with Crippen LogP contribution in [0.1, 0.15) is 5.56 Å². The Balaban J connectivity index is 1.92. The summed E-state index contributed by atoms with van der Waals surface area (Å²) in [7, 11) is 0. The lowest BCUT2D eigenvalue weighted by molar-refractivity contribution is -0.384. The molecule has 6 nitrogen and oxygen atoms in total. The van der Waals surface area contributed by atoms with Crippen molar-refractivity contribution in [3.8, 4) is 5.75 Å². The summed E-state index contributed by atoms with van der Waals surface area (Å²) in [5.74, 6) is 0.355. The second kappa shape index (κ2) is 9.01. The molecule has 7 heteroatoms. The molecule has 0 unspecified atom stereocenters. The number of para-hydroxylation sites is 1. The number of anilines is 1. The molecule has 3 aromatic rings. The lowest BCUT2D eigenvalue weighted by atomic mass is 10.1. The highest BCUT2D eigenvalue weighted by Crippen LogP contribution is 2.32. The normalized spacial score (nSPS) is 10.3. The number of nitro benzene ring substituents is 1. The Labute approximate surface area is 167 Å². The fraction of sp³-hybridized carbons (Fsp3) is 0.0952. The minimum absolute atomic E-state index is 0.131. The first kappa shape index (κ1) is 19.4. The molecule has 28 heavy (non-hydrogen) atoms. The summed E-state index contributed by atoms with van der Waals surface area (Å²) >= 11 is 5.91. The molecule has 1 amide bonds. The zero-order valence-electron chi connectivity index (χ0n) is 14.8. The summed E-state index contributed by atoms with van der Waals surface area (Å²) in [6, 6.07) is 22.3. The highest BCUT2D eigenvalue weighted by molar-refractivity contribution is 6.31. The third-order valence-electron chi connectivity index (χ3n) is 4.06. The van der Waals surface area contributed by atoms with E-state index < -0.39 is 11.0 Å². The van der Waals surface area contributed by atoms with Crippen LogP contribution in [0.25, 0.3) is 0 Å². The second-order valence-electron chi connectivity index (χ2n) is 5.96. The van der Waals surface area contributed by atoms with Crippen LogP contribution < -0.4 is 9.64 Å². The van der Waals surface area contributed by atoms with Crippen molar-refractivity contribution in [2.24, 2.45) is 0 Å². The molecule has 0 spiro atoms. The van der Waals surface area contributed by atoms with Crippen LogP contribution in [0.2, 0.25) is 5.02 Å². The van der Waals surface area contributed by atoms with Gasteiger partial charge in [-0.05, 0) is 36.2 Å². The molecule has 0 radical (unpaired) electrons. The monoisotopic (exact) mass is 396 g/mol. The van der Waals surface area contributed by atoms with Crippen LogP contribution in [0.3, 0.4) is 0 Å². The van der Waals surface area contributed by atoms with Crippen molar-refractivity contribution in [2.75, 3.05) is 11.4 Å². The van der Waals surface area contributed by atoms with Gasteiger partial charge in [0.1, 0.15) is 11.4 Å². The van der Waals surface area contributed by atoms with Crippen LogP contribution >= 0.6 is 11.6 Å². The van der Waals surface area contributed by atoms with Crippen molar-refractivity contribution in [3.05, 3.63) is 99.6 Å². The second-order valence-corrected chi connectivity index (χ2v) is 6.39. The zero-order chi connectivity index (χ0) is 19.9. The Kier molecular flexibility index (Phi) is 6.24. The van der Waals surface area contributed by atoms with Gasteiger partial charge >= 0.3 is 6.09 Å². The third-order valence-corrected chi connectivity index (χ3v) is 4.30. The van der Waals surface area contributed by atoms with Crippen molar-refractivity contribution in [2.45, 2.75) is 6.42 Å². The van der Waals surface area contributed by atoms with Gasteiger partial charge in [-0.15, -0.1) is 0 Å². The molecule has 0 aromatic heterocycles. The number of halogens is 1. The average molecular weight is 397 g/mol. The first-order valence-electron chi connectivity index (χ1n) is 8.57. The summed E-state index contributed by atoms with van der Waals surface area (Å²) in [5, 5.41) is 11.7. The SMILES string of the molecule is O=C(Oc1ccccc1)N(CCc1ccccc1)c1ccc(Cl)cc1[N+](=O)[O-]. The van der Waals surface area contributed by atoms with E-state index in [4.69, 9.17) is 16.3 Å². The quantitative estimate of drug-likeness (QED) is 0.407. The molecule has 0 aliphatic rings. The fourth-order valence-corrected chi connectivity index (χ4v) is 2.88. The lowest BCUT2D eigenvalue weighted by Crippen LogP contribution is -2.35. The van der Waals surface area contributed by atoms with Gasteiger partial charge in [-0.1, -0.05) is 60.1 Å². The number of hydrogen-bond donors (Lipinski definition) is 0. The van der Waals surface area contributed by atoms with Crippen molar-refractivity contribution < 1.29 is 14.5 Å². The largest absolute Gasteiger partial charge is 0.419 e. The first-order chi connectivity index (χ1) is 13.5. The fourth-order valence-electron chi connectivity index (χ4n) is 2.71. The van der Waals surface area contributed by atoms with E-state index in [0.717, 1.165) is 5.56 Å². The Morgan fingerprint density at radius 2 is 1.64 bits per heavy atom. The average Bonchev–Trinajstić information content (AvgIpc) is 2.70. The number of ether oxygens (including phenoxy) is 1. The maximum absolute atomic E-state index is 12.8. The maximum atomic E-state index is 12.8. The van der Waals surface area contributed by atoms with Gasteiger partial charge in [-0.3, -0.25) is 15.0 Å². The number of amides is 1.